The summed E-state index contributed by atoms with van der Waals surface area (Å²) in [5.41, 5.74) is 0.759. The zero-order chi connectivity index (χ0) is 16.4. The summed E-state index contributed by atoms with van der Waals surface area (Å²) in [6.45, 7) is 1.22. The van der Waals surface area contributed by atoms with Gasteiger partial charge >= 0.3 is 6.03 Å². The second-order valence-electron chi connectivity index (χ2n) is 6.01. The molecule has 0 aromatic carbocycles. The standard InChI is InChI=1S/C16H19N5O2S/c22-16(21-9-10-23-13-7-2-1-6-12(13)21)18-15-20-19-14(24-15)11-5-3-4-8-17-11/h3-5,8,12-13H,1-2,6-7,9-10H2,(H,18,20,22)/t12-,13+/m0/s1. The van der Waals surface area contributed by atoms with Gasteiger partial charge in [0.2, 0.25) is 5.13 Å². The molecular formula is C16H19N5O2S. The number of nitrogens with zero attached hydrogens (tertiary/aromatic N) is 4. The number of urea groups is 1. The smallest absolute Gasteiger partial charge is 0.324 e. The molecule has 2 aromatic rings. The molecule has 1 saturated heterocycles. The van der Waals surface area contributed by atoms with Crippen molar-refractivity contribution in [1.29, 1.82) is 0 Å². The van der Waals surface area contributed by atoms with Crippen molar-refractivity contribution in [1.82, 2.24) is 20.1 Å². The minimum atomic E-state index is -0.112. The summed E-state index contributed by atoms with van der Waals surface area (Å²) in [6, 6.07) is 5.70. The highest BCUT2D eigenvalue weighted by atomic mass is 32.1. The average Bonchev–Trinajstić information content (AvgIpc) is 3.10. The van der Waals surface area contributed by atoms with Crippen LogP contribution in [0.3, 0.4) is 0 Å². The van der Waals surface area contributed by atoms with E-state index < -0.39 is 0 Å². The van der Waals surface area contributed by atoms with Crippen LogP contribution in [0.15, 0.2) is 24.4 Å². The lowest BCUT2D eigenvalue weighted by Crippen LogP contribution is -2.55. The predicted molar refractivity (Wildman–Crippen MR) is 90.9 cm³/mol. The fraction of sp³-hybridized carbons (Fsp3) is 0.500. The van der Waals surface area contributed by atoms with Crippen molar-refractivity contribution in [3.8, 4) is 10.7 Å². The normalized spacial score (nSPS) is 23.6. The van der Waals surface area contributed by atoms with E-state index in [0.29, 0.717) is 23.3 Å². The van der Waals surface area contributed by atoms with Crippen LogP contribution in [-0.4, -0.2) is 51.4 Å². The minimum Gasteiger partial charge on any atom is -0.374 e. The van der Waals surface area contributed by atoms with Crippen LogP contribution in [0.5, 0.6) is 0 Å². The summed E-state index contributed by atoms with van der Waals surface area (Å²) in [4.78, 5) is 18.8. The van der Waals surface area contributed by atoms with Gasteiger partial charge in [-0.15, -0.1) is 10.2 Å². The number of fused-ring (bicyclic) bond motifs is 1. The molecule has 0 unspecified atom stereocenters. The SMILES string of the molecule is O=C(Nc1nnc(-c2ccccn2)s1)N1CCO[C@@H]2CCCC[C@@H]21. The number of aromatic nitrogens is 3. The Bertz CT molecular complexity index is 706. The molecule has 0 spiro atoms. The molecule has 0 radical (unpaired) electrons. The first-order valence-corrected chi connectivity index (χ1v) is 9.07. The van der Waals surface area contributed by atoms with Crippen molar-refractivity contribution >= 4 is 22.5 Å². The third kappa shape index (κ3) is 3.11. The molecular weight excluding hydrogens is 326 g/mol. The Morgan fingerprint density at radius 2 is 2.21 bits per heavy atom. The molecule has 2 atom stereocenters. The minimum absolute atomic E-state index is 0.112. The van der Waals surface area contributed by atoms with Crippen LogP contribution in [0, 0.1) is 0 Å². The van der Waals surface area contributed by atoms with Crippen LogP contribution >= 0.6 is 11.3 Å². The Kier molecular flexibility index (Phi) is 4.40. The molecule has 1 aliphatic carbocycles. The second kappa shape index (κ2) is 6.82. The third-order valence-corrected chi connectivity index (χ3v) is 5.38. The monoisotopic (exact) mass is 345 g/mol. The number of carbonyl (C=O) groups excluding carboxylic acids is 1. The van der Waals surface area contributed by atoms with Crippen molar-refractivity contribution in [2.75, 3.05) is 18.5 Å². The lowest BCUT2D eigenvalue weighted by Gasteiger charge is -2.43. The summed E-state index contributed by atoms with van der Waals surface area (Å²) in [5, 5.41) is 12.3. The summed E-state index contributed by atoms with van der Waals surface area (Å²) in [7, 11) is 0. The number of pyridine rings is 1. The van der Waals surface area contributed by atoms with E-state index in [2.05, 4.69) is 20.5 Å². The number of anilines is 1. The lowest BCUT2D eigenvalue weighted by molar-refractivity contribution is -0.0694. The molecule has 2 amide bonds. The van der Waals surface area contributed by atoms with E-state index in [1.165, 1.54) is 17.8 Å². The zero-order valence-electron chi connectivity index (χ0n) is 13.2. The maximum Gasteiger partial charge on any atom is 0.324 e. The lowest BCUT2D eigenvalue weighted by atomic mass is 9.90. The van der Waals surface area contributed by atoms with Gasteiger partial charge in [0.15, 0.2) is 5.01 Å². The second-order valence-corrected chi connectivity index (χ2v) is 6.99. The number of rotatable bonds is 2. The Morgan fingerprint density at radius 1 is 1.29 bits per heavy atom. The number of nitrogens with one attached hydrogen (secondary N) is 1. The van der Waals surface area contributed by atoms with Gasteiger partial charge in [0.1, 0.15) is 5.69 Å². The summed E-state index contributed by atoms with van der Waals surface area (Å²) in [6.07, 6.45) is 6.27. The van der Waals surface area contributed by atoms with Gasteiger partial charge in [-0.1, -0.05) is 30.2 Å². The highest BCUT2D eigenvalue weighted by molar-refractivity contribution is 7.18. The maximum absolute atomic E-state index is 12.7. The molecule has 1 aliphatic heterocycles. The molecule has 1 N–H and O–H groups in total. The molecule has 126 valence electrons. The van der Waals surface area contributed by atoms with Gasteiger partial charge in [0.25, 0.3) is 0 Å². The molecule has 3 heterocycles. The first-order chi connectivity index (χ1) is 11.8. The van der Waals surface area contributed by atoms with E-state index in [9.17, 15) is 4.79 Å². The number of hydrogen-bond acceptors (Lipinski definition) is 6. The molecule has 0 bridgehead atoms. The number of ether oxygens (including phenoxy) is 1. The number of amides is 2. The third-order valence-electron chi connectivity index (χ3n) is 4.52. The zero-order valence-corrected chi connectivity index (χ0v) is 14.0. The molecule has 2 aromatic heterocycles. The van der Waals surface area contributed by atoms with Gasteiger partial charge in [-0.25, -0.2) is 4.79 Å². The van der Waals surface area contributed by atoms with Crippen molar-refractivity contribution < 1.29 is 9.53 Å². The first-order valence-electron chi connectivity index (χ1n) is 8.25. The Morgan fingerprint density at radius 3 is 3.08 bits per heavy atom. The van der Waals surface area contributed by atoms with Crippen LogP contribution in [0.2, 0.25) is 0 Å². The summed E-state index contributed by atoms with van der Waals surface area (Å²) < 4.78 is 5.82. The van der Waals surface area contributed by atoms with Gasteiger partial charge in [0.05, 0.1) is 18.8 Å². The molecule has 1 saturated carbocycles. The molecule has 7 nitrogen and oxygen atoms in total. The van der Waals surface area contributed by atoms with Crippen molar-refractivity contribution in [2.45, 2.75) is 37.8 Å². The predicted octanol–water partition coefficient (Wildman–Crippen LogP) is 2.78. The Balaban J connectivity index is 1.45. The van der Waals surface area contributed by atoms with Crippen LogP contribution in [0.25, 0.3) is 10.7 Å². The number of hydrogen-bond donors (Lipinski definition) is 1. The van der Waals surface area contributed by atoms with E-state index >= 15 is 0 Å². The van der Waals surface area contributed by atoms with Gasteiger partial charge in [-0.05, 0) is 25.0 Å². The quantitative estimate of drug-likeness (QED) is 0.905. The van der Waals surface area contributed by atoms with Crippen LogP contribution in [0.4, 0.5) is 9.93 Å². The Labute approximate surface area is 144 Å². The van der Waals surface area contributed by atoms with E-state index in [1.807, 2.05) is 23.1 Å². The molecule has 8 heteroatoms. The van der Waals surface area contributed by atoms with Gasteiger partial charge in [-0.2, -0.15) is 0 Å². The van der Waals surface area contributed by atoms with Gasteiger partial charge in [0, 0.05) is 12.7 Å². The van der Waals surface area contributed by atoms with Crippen molar-refractivity contribution in [3.05, 3.63) is 24.4 Å². The highest BCUT2D eigenvalue weighted by Gasteiger charge is 2.36. The van der Waals surface area contributed by atoms with Crippen molar-refractivity contribution in [3.63, 3.8) is 0 Å². The fourth-order valence-electron chi connectivity index (χ4n) is 3.38. The van der Waals surface area contributed by atoms with Crippen molar-refractivity contribution in [2.24, 2.45) is 0 Å². The van der Waals surface area contributed by atoms with Crippen LogP contribution in [0.1, 0.15) is 25.7 Å². The molecule has 2 fully saturated rings. The van der Waals surface area contributed by atoms with Crippen LogP contribution in [-0.2, 0) is 4.74 Å². The number of carbonyl (C=O) groups is 1. The highest BCUT2D eigenvalue weighted by Crippen LogP contribution is 2.30. The fourth-order valence-corrected chi connectivity index (χ4v) is 4.09. The average molecular weight is 345 g/mol. The topological polar surface area (TPSA) is 80.2 Å². The van der Waals surface area contributed by atoms with Gasteiger partial charge < -0.3 is 9.64 Å². The first kappa shape index (κ1) is 15.5. The van der Waals surface area contributed by atoms with Crippen LogP contribution < -0.4 is 5.32 Å². The van der Waals surface area contributed by atoms with E-state index in [-0.39, 0.29) is 18.2 Å². The summed E-state index contributed by atoms with van der Waals surface area (Å²) in [5.74, 6) is 0. The molecule has 24 heavy (non-hydrogen) atoms. The molecule has 4 rings (SSSR count). The largest absolute Gasteiger partial charge is 0.374 e. The Hall–Kier alpha value is -2.06. The molecule has 2 aliphatic rings. The van der Waals surface area contributed by atoms with Gasteiger partial charge in [-0.3, -0.25) is 10.3 Å². The van der Waals surface area contributed by atoms with E-state index in [1.54, 1.807) is 6.20 Å². The maximum atomic E-state index is 12.7. The number of morpholine rings is 1. The van der Waals surface area contributed by atoms with E-state index in [4.69, 9.17) is 4.74 Å². The summed E-state index contributed by atoms with van der Waals surface area (Å²) >= 11 is 1.33. The van der Waals surface area contributed by atoms with E-state index in [0.717, 1.165) is 25.0 Å².